The van der Waals surface area contributed by atoms with Gasteiger partial charge < -0.3 is 5.32 Å². The zero-order valence-corrected chi connectivity index (χ0v) is 13.5. The van der Waals surface area contributed by atoms with Gasteiger partial charge in [0, 0.05) is 12.7 Å². The van der Waals surface area contributed by atoms with E-state index in [9.17, 15) is 13.2 Å². The van der Waals surface area contributed by atoms with Crippen molar-refractivity contribution in [3.8, 4) is 0 Å². The molecule has 2 rings (SSSR count). The Morgan fingerprint density at radius 1 is 1.19 bits per heavy atom. The lowest BCUT2D eigenvalue weighted by molar-refractivity contribution is -0.119. The van der Waals surface area contributed by atoms with Gasteiger partial charge in [-0.25, -0.2) is 8.42 Å². The molecule has 1 aromatic heterocycles. The molecule has 1 amide bonds. The molecule has 0 spiro atoms. The van der Waals surface area contributed by atoms with Gasteiger partial charge in [-0.15, -0.1) is 11.3 Å². The van der Waals surface area contributed by atoms with Crippen molar-refractivity contribution in [2.24, 2.45) is 0 Å². The van der Waals surface area contributed by atoms with Gasteiger partial charge in [-0.1, -0.05) is 23.7 Å². The van der Waals surface area contributed by atoms with E-state index in [0.29, 0.717) is 10.0 Å². The monoisotopic (exact) mass is 344 g/mol. The Hall–Kier alpha value is -1.57. The summed E-state index contributed by atoms with van der Waals surface area (Å²) in [7, 11) is -2.06. The number of hydrogen-bond acceptors (Lipinski definition) is 4. The maximum absolute atomic E-state index is 12.1. The minimum Gasteiger partial charge on any atom is -0.359 e. The van der Waals surface area contributed by atoms with Gasteiger partial charge in [0.1, 0.15) is 4.21 Å². The minimum absolute atomic E-state index is 0.100. The third-order valence-electron chi connectivity index (χ3n) is 2.66. The van der Waals surface area contributed by atoms with E-state index in [1.54, 1.807) is 31.3 Å². The van der Waals surface area contributed by atoms with Crippen LogP contribution in [0, 0.1) is 0 Å². The molecule has 112 valence electrons. The predicted molar refractivity (Wildman–Crippen MR) is 84.4 cm³/mol. The fourth-order valence-corrected chi connectivity index (χ4v) is 4.15. The summed E-state index contributed by atoms with van der Waals surface area (Å²) in [5, 5.41) is 2.53. The number of halogens is 1. The molecule has 0 unspecified atom stereocenters. The number of likely N-dealkylation sites (N-methyl/N-ethyl adjacent to an activating group) is 1. The third-order valence-corrected chi connectivity index (χ3v) is 5.77. The summed E-state index contributed by atoms with van der Waals surface area (Å²) in [4.78, 5) is 11.2. The summed E-state index contributed by atoms with van der Waals surface area (Å²) in [6, 6.07) is 9.63. The topological polar surface area (TPSA) is 75.3 Å². The quantitative estimate of drug-likeness (QED) is 0.875. The highest BCUT2D eigenvalue weighted by molar-refractivity contribution is 7.94. The number of nitrogens with one attached hydrogen (secondary N) is 2. The predicted octanol–water partition coefficient (Wildman–Crippen LogP) is 2.49. The number of carbonyl (C=O) groups is 1. The highest BCUT2D eigenvalue weighted by Crippen LogP contribution is 2.27. The Morgan fingerprint density at radius 3 is 2.38 bits per heavy atom. The third kappa shape index (κ3) is 4.20. The lowest BCUT2D eigenvalue weighted by atomic mass is 10.1. The van der Waals surface area contributed by atoms with Crippen LogP contribution in [0.4, 0.5) is 5.69 Å². The highest BCUT2D eigenvalue weighted by atomic mass is 35.5. The Morgan fingerprint density at radius 2 is 1.86 bits per heavy atom. The molecule has 8 heteroatoms. The number of amides is 1. The molecular formula is C13H13ClN2O3S2. The van der Waals surface area contributed by atoms with Crippen molar-refractivity contribution in [1.29, 1.82) is 0 Å². The van der Waals surface area contributed by atoms with E-state index in [1.807, 2.05) is 0 Å². The van der Waals surface area contributed by atoms with Crippen molar-refractivity contribution in [2.75, 3.05) is 11.8 Å². The van der Waals surface area contributed by atoms with Crippen LogP contribution in [-0.2, 0) is 21.2 Å². The molecule has 0 bridgehead atoms. The van der Waals surface area contributed by atoms with Crippen molar-refractivity contribution in [3.05, 3.63) is 46.3 Å². The van der Waals surface area contributed by atoms with Gasteiger partial charge in [-0.05, 0) is 29.8 Å². The molecule has 21 heavy (non-hydrogen) atoms. The largest absolute Gasteiger partial charge is 0.359 e. The first kappa shape index (κ1) is 15.8. The number of thiophene rings is 1. The van der Waals surface area contributed by atoms with Crippen LogP contribution in [0.25, 0.3) is 0 Å². The van der Waals surface area contributed by atoms with Crippen molar-refractivity contribution in [2.45, 2.75) is 10.6 Å². The fourth-order valence-electron chi connectivity index (χ4n) is 1.61. The molecule has 0 radical (unpaired) electrons. The molecule has 0 saturated carbocycles. The highest BCUT2D eigenvalue weighted by Gasteiger charge is 2.16. The maximum Gasteiger partial charge on any atom is 0.271 e. The number of rotatable bonds is 5. The van der Waals surface area contributed by atoms with Crippen LogP contribution < -0.4 is 10.0 Å². The second kappa shape index (κ2) is 6.46. The average Bonchev–Trinajstić information content (AvgIpc) is 2.88. The average molecular weight is 345 g/mol. The molecule has 0 fully saturated rings. The fraction of sp³-hybridized carbons (Fsp3) is 0.154. The van der Waals surface area contributed by atoms with Crippen molar-refractivity contribution in [1.82, 2.24) is 5.32 Å². The van der Waals surface area contributed by atoms with Gasteiger partial charge in [0.15, 0.2) is 0 Å². The van der Waals surface area contributed by atoms with Gasteiger partial charge in [0.2, 0.25) is 5.91 Å². The number of carbonyl (C=O) groups excluding carboxylic acids is 1. The lowest BCUT2D eigenvalue weighted by Crippen LogP contribution is -2.19. The Kier molecular flexibility index (Phi) is 4.87. The van der Waals surface area contributed by atoms with Gasteiger partial charge in [-0.3, -0.25) is 9.52 Å². The second-order valence-corrected chi connectivity index (χ2v) is 7.84. The van der Waals surface area contributed by atoms with E-state index in [0.717, 1.165) is 16.9 Å². The second-order valence-electron chi connectivity index (χ2n) is 4.21. The van der Waals surface area contributed by atoms with Crippen LogP contribution in [0.15, 0.2) is 40.6 Å². The SMILES string of the molecule is CNC(=O)Cc1ccc(NS(=O)(=O)c2ccc(Cl)s2)cc1. The van der Waals surface area contributed by atoms with E-state index in [2.05, 4.69) is 10.0 Å². The van der Waals surface area contributed by atoms with Crippen LogP contribution in [0.2, 0.25) is 4.34 Å². The summed E-state index contributed by atoms with van der Waals surface area (Å²) in [6.07, 6.45) is 0.254. The van der Waals surface area contributed by atoms with E-state index in [1.165, 1.54) is 12.1 Å². The Bertz CT molecular complexity index is 739. The molecule has 0 atom stereocenters. The maximum atomic E-state index is 12.1. The molecule has 0 saturated heterocycles. The summed E-state index contributed by atoms with van der Waals surface area (Å²) in [6.45, 7) is 0. The molecular weight excluding hydrogens is 332 g/mol. The summed E-state index contributed by atoms with van der Waals surface area (Å²) in [5.41, 5.74) is 1.23. The van der Waals surface area contributed by atoms with E-state index in [4.69, 9.17) is 11.6 Å². The first-order valence-corrected chi connectivity index (χ1v) is 8.66. The van der Waals surface area contributed by atoms with E-state index >= 15 is 0 Å². The van der Waals surface area contributed by atoms with Gasteiger partial charge >= 0.3 is 0 Å². The van der Waals surface area contributed by atoms with E-state index < -0.39 is 10.0 Å². The summed E-state index contributed by atoms with van der Waals surface area (Å²) in [5.74, 6) is -0.100. The van der Waals surface area contributed by atoms with E-state index in [-0.39, 0.29) is 16.5 Å². The van der Waals surface area contributed by atoms with Crippen molar-refractivity contribution in [3.63, 3.8) is 0 Å². The van der Waals surface area contributed by atoms with Gasteiger partial charge in [-0.2, -0.15) is 0 Å². The zero-order valence-electron chi connectivity index (χ0n) is 11.1. The normalized spacial score (nSPS) is 11.1. The number of benzene rings is 1. The molecule has 1 heterocycles. The zero-order chi connectivity index (χ0) is 15.5. The summed E-state index contributed by atoms with van der Waals surface area (Å²) >= 11 is 6.73. The summed E-state index contributed by atoms with van der Waals surface area (Å²) < 4.78 is 27.2. The minimum atomic E-state index is -3.63. The van der Waals surface area contributed by atoms with Crippen LogP contribution in [0.3, 0.4) is 0 Å². The Labute approximate surface area is 132 Å². The van der Waals surface area contributed by atoms with Crippen molar-refractivity contribution >= 4 is 44.6 Å². The van der Waals surface area contributed by atoms with Crippen LogP contribution in [-0.4, -0.2) is 21.4 Å². The lowest BCUT2D eigenvalue weighted by Gasteiger charge is -2.07. The number of anilines is 1. The van der Waals surface area contributed by atoms with Gasteiger partial charge in [0.05, 0.1) is 10.8 Å². The standard InChI is InChI=1S/C13H13ClN2O3S2/c1-15-12(17)8-9-2-4-10(5-3-9)16-21(18,19)13-7-6-11(14)20-13/h2-7,16H,8H2,1H3,(H,15,17). The molecule has 0 aliphatic heterocycles. The Balaban J connectivity index is 2.11. The molecule has 0 aliphatic rings. The smallest absolute Gasteiger partial charge is 0.271 e. The van der Waals surface area contributed by atoms with Crippen LogP contribution in [0.1, 0.15) is 5.56 Å². The number of sulfonamides is 1. The molecule has 2 N–H and O–H groups in total. The first-order valence-electron chi connectivity index (χ1n) is 5.98. The first-order chi connectivity index (χ1) is 9.90. The van der Waals surface area contributed by atoms with Crippen LogP contribution in [0.5, 0.6) is 0 Å². The van der Waals surface area contributed by atoms with Crippen LogP contribution >= 0.6 is 22.9 Å². The van der Waals surface area contributed by atoms with Gasteiger partial charge in [0.25, 0.3) is 10.0 Å². The molecule has 0 aliphatic carbocycles. The molecule has 1 aromatic carbocycles. The molecule has 2 aromatic rings. The molecule has 5 nitrogen and oxygen atoms in total. The van der Waals surface area contributed by atoms with Crippen molar-refractivity contribution < 1.29 is 13.2 Å². The number of hydrogen-bond donors (Lipinski definition) is 2.